The van der Waals surface area contributed by atoms with Crippen LogP contribution < -0.4 is 11.5 Å². The Morgan fingerprint density at radius 2 is 1.78 bits per heavy atom. The van der Waals surface area contributed by atoms with Crippen LogP contribution in [0.5, 0.6) is 0 Å². The number of nitrogens with two attached hydrogens (primary N) is 2. The van der Waals surface area contributed by atoms with E-state index >= 15 is 0 Å². The highest BCUT2D eigenvalue weighted by molar-refractivity contribution is 6.40. The van der Waals surface area contributed by atoms with Gasteiger partial charge >= 0.3 is 13.1 Å². The zero-order valence-corrected chi connectivity index (χ0v) is 11.6. The first kappa shape index (κ1) is 20.3. The molecule has 18 heavy (non-hydrogen) atoms. The van der Waals surface area contributed by atoms with Gasteiger partial charge in [-0.1, -0.05) is 6.42 Å². The summed E-state index contributed by atoms with van der Waals surface area (Å²) in [5.41, 5.74) is 10.2. The standard InChI is InChI=1S/C9H19BN2O4.2ClH/c11-5-7-4-9(12,8(13)14)3-6(7)1-2-10(15)16;;/h6-7,15-16H,1-5,11-12H2,(H,13,14);2*1H/t6-,7+,9-;;/m0../s1. The smallest absolute Gasteiger partial charge is 0.451 e. The van der Waals surface area contributed by atoms with E-state index in [-0.39, 0.29) is 43.0 Å². The van der Waals surface area contributed by atoms with Gasteiger partial charge in [-0.25, -0.2) is 0 Å². The van der Waals surface area contributed by atoms with Gasteiger partial charge in [0.2, 0.25) is 0 Å². The molecule has 3 atom stereocenters. The van der Waals surface area contributed by atoms with Crippen LogP contribution in [0.1, 0.15) is 19.3 Å². The van der Waals surface area contributed by atoms with Crippen LogP contribution in [0.25, 0.3) is 0 Å². The first-order chi connectivity index (χ1) is 7.39. The van der Waals surface area contributed by atoms with Crippen LogP contribution in [0, 0.1) is 11.8 Å². The molecule has 1 rings (SSSR count). The maximum atomic E-state index is 11.0. The van der Waals surface area contributed by atoms with Crippen molar-refractivity contribution in [1.29, 1.82) is 0 Å². The van der Waals surface area contributed by atoms with E-state index in [4.69, 9.17) is 26.6 Å². The SMILES string of the molecule is Cl.Cl.NC[C@H]1C[C@](N)(C(=O)O)C[C@@H]1CCB(O)O. The van der Waals surface area contributed by atoms with Gasteiger partial charge in [-0.15, -0.1) is 24.8 Å². The molecule has 0 amide bonds. The molecule has 9 heteroatoms. The number of hydrogen-bond acceptors (Lipinski definition) is 5. The summed E-state index contributed by atoms with van der Waals surface area (Å²) in [5.74, 6) is -0.884. The van der Waals surface area contributed by atoms with Crippen molar-refractivity contribution in [2.75, 3.05) is 6.54 Å². The van der Waals surface area contributed by atoms with Crippen LogP contribution in [-0.2, 0) is 4.79 Å². The van der Waals surface area contributed by atoms with Gasteiger partial charge in [0.1, 0.15) is 5.54 Å². The van der Waals surface area contributed by atoms with Gasteiger partial charge in [0.15, 0.2) is 0 Å². The molecule has 0 aromatic rings. The van der Waals surface area contributed by atoms with Crippen molar-refractivity contribution in [1.82, 2.24) is 0 Å². The van der Waals surface area contributed by atoms with Gasteiger partial charge in [0.25, 0.3) is 0 Å². The monoisotopic (exact) mass is 302 g/mol. The largest absolute Gasteiger partial charge is 0.480 e. The van der Waals surface area contributed by atoms with Crippen molar-refractivity contribution in [2.45, 2.75) is 31.1 Å². The van der Waals surface area contributed by atoms with E-state index in [1.165, 1.54) is 0 Å². The molecular formula is C9H21BCl2N2O4. The lowest BCUT2D eigenvalue weighted by Crippen LogP contribution is -2.45. The van der Waals surface area contributed by atoms with Gasteiger partial charge in [-0.2, -0.15) is 0 Å². The predicted octanol–water partition coefficient (Wildman–Crippen LogP) is -0.540. The van der Waals surface area contributed by atoms with E-state index in [0.29, 0.717) is 25.8 Å². The van der Waals surface area contributed by atoms with Crippen molar-refractivity contribution < 1.29 is 19.9 Å². The summed E-state index contributed by atoms with van der Waals surface area (Å²) in [5, 5.41) is 26.6. The molecule has 0 aromatic carbocycles. The molecule has 0 saturated heterocycles. The fourth-order valence-electron chi connectivity index (χ4n) is 2.50. The Bertz CT molecular complexity index is 273. The van der Waals surface area contributed by atoms with E-state index < -0.39 is 18.6 Å². The fourth-order valence-corrected chi connectivity index (χ4v) is 2.50. The topological polar surface area (TPSA) is 130 Å². The van der Waals surface area contributed by atoms with E-state index in [1.807, 2.05) is 0 Å². The zero-order chi connectivity index (χ0) is 12.3. The van der Waals surface area contributed by atoms with E-state index in [9.17, 15) is 4.79 Å². The highest BCUT2D eigenvalue weighted by atomic mass is 35.5. The molecule has 1 aliphatic rings. The zero-order valence-electron chi connectivity index (χ0n) is 9.99. The highest BCUT2D eigenvalue weighted by Crippen LogP contribution is 2.40. The minimum Gasteiger partial charge on any atom is -0.480 e. The van der Waals surface area contributed by atoms with Gasteiger partial charge in [0, 0.05) is 0 Å². The second kappa shape index (κ2) is 8.19. The quantitative estimate of drug-likeness (QED) is 0.434. The second-order valence-electron chi connectivity index (χ2n) is 4.68. The molecule has 7 N–H and O–H groups in total. The predicted molar refractivity (Wildman–Crippen MR) is 73.9 cm³/mol. The van der Waals surface area contributed by atoms with Crippen LogP contribution in [0.15, 0.2) is 0 Å². The van der Waals surface area contributed by atoms with Crippen LogP contribution >= 0.6 is 24.8 Å². The normalized spacial score (nSPS) is 30.2. The van der Waals surface area contributed by atoms with Crippen LogP contribution in [-0.4, -0.2) is 40.3 Å². The number of carboxylic acid groups (broad SMARTS) is 1. The van der Waals surface area contributed by atoms with Crippen molar-refractivity contribution in [2.24, 2.45) is 23.3 Å². The summed E-state index contributed by atoms with van der Waals surface area (Å²) in [6.07, 6.45) is 1.50. The molecule has 0 radical (unpaired) electrons. The average molecular weight is 303 g/mol. The molecule has 1 aliphatic carbocycles. The molecular weight excluding hydrogens is 282 g/mol. The Labute approximate surface area is 119 Å². The van der Waals surface area contributed by atoms with Crippen molar-refractivity contribution in [3.63, 3.8) is 0 Å². The lowest BCUT2D eigenvalue weighted by molar-refractivity contribution is -0.143. The van der Waals surface area contributed by atoms with Gasteiger partial charge in [-0.3, -0.25) is 4.79 Å². The number of rotatable bonds is 5. The van der Waals surface area contributed by atoms with Gasteiger partial charge in [0.05, 0.1) is 0 Å². The third kappa shape index (κ3) is 4.91. The van der Waals surface area contributed by atoms with Crippen molar-refractivity contribution in [3.8, 4) is 0 Å². The van der Waals surface area contributed by atoms with Crippen LogP contribution in [0.2, 0.25) is 6.32 Å². The molecule has 1 fully saturated rings. The lowest BCUT2D eigenvalue weighted by Gasteiger charge is -2.17. The Morgan fingerprint density at radius 3 is 2.17 bits per heavy atom. The molecule has 0 bridgehead atoms. The molecule has 0 aliphatic heterocycles. The second-order valence-corrected chi connectivity index (χ2v) is 4.68. The van der Waals surface area contributed by atoms with E-state index in [2.05, 4.69) is 0 Å². The minimum atomic E-state index is -1.35. The summed E-state index contributed by atoms with van der Waals surface area (Å²) in [6, 6.07) is 0. The molecule has 1 saturated carbocycles. The Morgan fingerprint density at radius 1 is 1.28 bits per heavy atom. The first-order valence-electron chi connectivity index (χ1n) is 5.47. The summed E-state index contributed by atoms with van der Waals surface area (Å²) in [7, 11) is -1.35. The van der Waals surface area contributed by atoms with E-state index in [0.717, 1.165) is 0 Å². The highest BCUT2D eigenvalue weighted by Gasteiger charge is 2.47. The average Bonchev–Trinajstić information content (AvgIpc) is 2.53. The number of halogens is 2. The van der Waals surface area contributed by atoms with Crippen molar-refractivity contribution >= 4 is 37.9 Å². The molecule has 0 heterocycles. The van der Waals surface area contributed by atoms with Crippen LogP contribution in [0.4, 0.5) is 0 Å². The third-order valence-corrected chi connectivity index (χ3v) is 3.44. The van der Waals surface area contributed by atoms with Crippen LogP contribution in [0.3, 0.4) is 0 Å². The molecule has 0 spiro atoms. The summed E-state index contributed by atoms with van der Waals surface area (Å²) < 4.78 is 0. The molecule has 0 aromatic heterocycles. The number of carbonyl (C=O) groups is 1. The first-order valence-corrected chi connectivity index (χ1v) is 5.47. The van der Waals surface area contributed by atoms with Gasteiger partial charge in [-0.05, 0) is 37.5 Å². The minimum absolute atomic E-state index is 0. The molecule has 0 unspecified atom stereocenters. The van der Waals surface area contributed by atoms with Gasteiger partial charge < -0.3 is 26.6 Å². The number of hydrogen-bond donors (Lipinski definition) is 5. The Kier molecular flexibility index (Phi) is 9.23. The maximum absolute atomic E-state index is 11.0. The molecule has 6 nitrogen and oxygen atoms in total. The third-order valence-electron chi connectivity index (χ3n) is 3.44. The maximum Gasteiger partial charge on any atom is 0.451 e. The Balaban J connectivity index is 0. The Hall–Kier alpha value is -0.0451. The summed E-state index contributed by atoms with van der Waals surface area (Å²) in [4.78, 5) is 11.0. The number of aliphatic carboxylic acids is 1. The summed E-state index contributed by atoms with van der Waals surface area (Å²) in [6.45, 7) is 0.387. The number of carboxylic acids is 1. The van der Waals surface area contributed by atoms with E-state index in [1.54, 1.807) is 0 Å². The lowest BCUT2D eigenvalue weighted by atomic mass is 9.78. The molecule has 108 valence electrons. The van der Waals surface area contributed by atoms with Crippen molar-refractivity contribution in [3.05, 3.63) is 0 Å². The summed E-state index contributed by atoms with van der Waals surface area (Å²) >= 11 is 0. The fraction of sp³-hybridized carbons (Fsp3) is 0.889.